The van der Waals surface area contributed by atoms with Gasteiger partial charge < -0.3 is 4.74 Å². The lowest BCUT2D eigenvalue weighted by Crippen LogP contribution is -2.48. The molecule has 1 fully saturated rings. The Bertz CT molecular complexity index is 914. The van der Waals surface area contributed by atoms with Crippen molar-refractivity contribution in [2.75, 3.05) is 11.5 Å². The number of benzene rings is 2. The van der Waals surface area contributed by atoms with Crippen LogP contribution in [-0.4, -0.2) is 29.1 Å². The number of carbonyl (C=O) groups is 3. The number of ketones is 1. The Morgan fingerprint density at radius 3 is 2.65 bits per heavy atom. The number of para-hydroxylation sites is 1. The number of thioether (sulfide) groups is 1. The Hall–Kier alpha value is -2.67. The fraction of sp³-hybridized carbons (Fsp3) is 0.211. The van der Waals surface area contributed by atoms with Crippen LogP contribution in [0.25, 0.3) is 0 Å². The molecule has 0 radical (unpaired) electrons. The predicted octanol–water partition coefficient (Wildman–Crippen LogP) is 3.18. The van der Waals surface area contributed by atoms with Gasteiger partial charge in [0, 0.05) is 23.3 Å². The van der Waals surface area contributed by atoms with E-state index in [0.29, 0.717) is 12.1 Å². The molecule has 1 amide bonds. The molecule has 2 aromatic rings. The minimum absolute atomic E-state index is 0.135. The fourth-order valence-corrected chi connectivity index (χ4v) is 4.65. The highest BCUT2D eigenvalue weighted by Gasteiger charge is 2.58. The molecule has 2 aromatic carbocycles. The first kappa shape index (κ1) is 16.8. The quantitative estimate of drug-likeness (QED) is 0.610. The number of rotatable bonds is 4. The van der Waals surface area contributed by atoms with Crippen LogP contribution in [0.15, 0.2) is 53.4 Å². The highest BCUT2D eigenvalue weighted by molar-refractivity contribution is 8.02. The van der Waals surface area contributed by atoms with Crippen LogP contribution in [0.4, 0.5) is 10.1 Å². The third kappa shape index (κ3) is 2.59. The SMILES string of the molecule is O=C(COC(=O)C12CCC(=O)N1c1ccccc1S2)c1ccc(F)cc1. The second-order valence-electron chi connectivity index (χ2n) is 6.09. The van der Waals surface area contributed by atoms with Crippen molar-refractivity contribution < 1.29 is 23.5 Å². The second-order valence-corrected chi connectivity index (χ2v) is 7.41. The van der Waals surface area contributed by atoms with Crippen molar-refractivity contribution in [2.45, 2.75) is 22.6 Å². The first-order valence-corrected chi connectivity index (χ1v) is 8.90. The van der Waals surface area contributed by atoms with Gasteiger partial charge in [-0.1, -0.05) is 23.9 Å². The van der Waals surface area contributed by atoms with Gasteiger partial charge >= 0.3 is 5.97 Å². The topological polar surface area (TPSA) is 63.7 Å². The van der Waals surface area contributed by atoms with Crippen LogP contribution in [0.3, 0.4) is 0 Å². The lowest BCUT2D eigenvalue weighted by atomic mass is 10.1. The van der Waals surface area contributed by atoms with Gasteiger partial charge in [-0.2, -0.15) is 0 Å². The van der Waals surface area contributed by atoms with Crippen molar-refractivity contribution in [3.05, 3.63) is 59.9 Å². The number of Topliss-reactive ketones (excluding diaryl/α,β-unsaturated/α-hetero) is 1. The average molecular weight is 371 g/mol. The zero-order chi connectivity index (χ0) is 18.3. The lowest BCUT2D eigenvalue weighted by molar-refractivity contribution is -0.145. The number of nitrogens with zero attached hydrogens (tertiary/aromatic N) is 1. The molecule has 4 rings (SSSR count). The number of amides is 1. The van der Waals surface area contributed by atoms with E-state index in [1.807, 2.05) is 18.2 Å². The summed E-state index contributed by atoms with van der Waals surface area (Å²) in [5.41, 5.74) is 0.959. The summed E-state index contributed by atoms with van der Waals surface area (Å²) >= 11 is 1.29. The molecular formula is C19H14FNO4S. The normalized spacial score (nSPS) is 20.7. The van der Waals surface area contributed by atoms with E-state index in [9.17, 15) is 18.8 Å². The Balaban J connectivity index is 1.52. The van der Waals surface area contributed by atoms with E-state index >= 15 is 0 Å². The third-order valence-corrected chi connectivity index (χ3v) is 5.95. The van der Waals surface area contributed by atoms with Crippen LogP contribution in [-0.2, 0) is 14.3 Å². The average Bonchev–Trinajstić information content (AvgIpc) is 3.16. The molecule has 1 atom stereocenters. The van der Waals surface area contributed by atoms with Gasteiger partial charge in [-0.05, 0) is 36.4 Å². The molecule has 2 aliphatic rings. The molecule has 2 heterocycles. The smallest absolute Gasteiger partial charge is 0.343 e. The highest BCUT2D eigenvalue weighted by atomic mass is 32.2. The zero-order valence-corrected chi connectivity index (χ0v) is 14.4. The van der Waals surface area contributed by atoms with Crippen LogP contribution in [0.5, 0.6) is 0 Å². The number of hydrogen-bond donors (Lipinski definition) is 0. The van der Waals surface area contributed by atoms with Crippen molar-refractivity contribution >= 4 is 35.1 Å². The lowest BCUT2D eigenvalue weighted by Gasteiger charge is -2.28. The Labute approximate surface area is 153 Å². The summed E-state index contributed by atoms with van der Waals surface area (Å²) in [6.07, 6.45) is 0.580. The van der Waals surface area contributed by atoms with Gasteiger partial charge in [-0.25, -0.2) is 9.18 Å². The van der Waals surface area contributed by atoms with Crippen LogP contribution < -0.4 is 4.90 Å². The molecule has 0 aromatic heterocycles. The number of anilines is 1. The van der Waals surface area contributed by atoms with Crippen LogP contribution in [0.1, 0.15) is 23.2 Å². The van der Waals surface area contributed by atoms with Crippen molar-refractivity contribution in [3.8, 4) is 0 Å². The molecule has 1 saturated heterocycles. The van der Waals surface area contributed by atoms with E-state index in [0.717, 1.165) is 4.90 Å². The number of ether oxygens (including phenoxy) is 1. The first-order chi connectivity index (χ1) is 12.5. The number of esters is 1. The Morgan fingerprint density at radius 1 is 1.15 bits per heavy atom. The molecule has 0 aliphatic carbocycles. The Morgan fingerprint density at radius 2 is 1.88 bits per heavy atom. The number of hydrogen-bond acceptors (Lipinski definition) is 5. The molecule has 5 nitrogen and oxygen atoms in total. The fourth-order valence-electron chi connectivity index (χ4n) is 3.24. The Kier molecular flexibility index (Phi) is 4.03. The van der Waals surface area contributed by atoms with Crippen molar-refractivity contribution in [1.82, 2.24) is 0 Å². The summed E-state index contributed by atoms with van der Waals surface area (Å²) in [7, 11) is 0. The standard InChI is InChI=1S/C19H14FNO4S/c20-13-7-5-12(6-8-13)15(22)11-25-18(24)19-10-9-17(23)21(19)14-3-1-2-4-16(14)26-19/h1-8H,9-11H2. The summed E-state index contributed by atoms with van der Waals surface area (Å²) in [4.78, 5) is 38.5. The number of halogens is 1. The molecule has 0 spiro atoms. The van der Waals surface area contributed by atoms with Gasteiger partial charge in [-0.3, -0.25) is 14.5 Å². The summed E-state index contributed by atoms with van der Waals surface area (Å²) < 4.78 is 18.2. The maximum Gasteiger partial charge on any atom is 0.343 e. The van der Waals surface area contributed by atoms with Crippen molar-refractivity contribution in [1.29, 1.82) is 0 Å². The van der Waals surface area contributed by atoms with Crippen molar-refractivity contribution in [3.63, 3.8) is 0 Å². The largest absolute Gasteiger partial charge is 0.455 e. The van der Waals surface area contributed by atoms with Crippen LogP contribution >= 0.6 is 11.8 Å². The molecule has 7 heteroatoms. The van der Waals surface area contributed by atoms with E-state index in [2.05, 4.69) is 0 Å². The van der Waals surface area contributed by atoms with Gasteiger partial charge in [0.25, 0.3) is 0 Å². The van der Waals surface area contributed by atoms with Gasteiger partial charge in [-0.15, -0.1) is 0 Å². The maximum atomic E-state index is 12.9. The molecule has 2 aliphatic heterocycles. The molecular weight excluding hydrogens is 357 g/mol. The molecule has 26 heavy (non-hydrogen) atoms. The van der Waals surface area contributed by atoms with Crippen molar-refractivity contribution in [2.24, 2.45) is 0 Å². The second kappa shape index (κ2) is 6.25. The summed E-state index contributed by atoms with van der Waals surface area (Å²) in [6.45, 7) is -0.453. The van der Waals surface area contributed by atoms with Gasteiger partial charge in [0.2, 0.25) is 5.91 Å². The first-order valence-electron chi connectivity index (χ1n) is 8.08. The van der Waals surface area contributed by atoms with E-state index < -0.39 is 29.0 Å². The van der Waals surface area contributed by atoms with E-state index in [1.54, 1.807) is 6.07 Å². The summed E-state index contributed by atoms with van der Waals surface area (Å²) in [5, 5.41) is 0. The molecule has 1 unspecified atom stereocenters. The highest BCUT2D eigenvalue weighted by Crippen LogP contribution is 2.56. The van der Waals surface area contributed by atoms with E-state index in [4.69, 9.17) is 4.74 Å². The van der Waals surface area contributed by atoms with E-state index in [-0.39, 0.29) is 17.9 Å². The van der Waals surface area contributed by atoms with Crippen LogP contribution in [0.2, 0.25) is 0 Å². The van der Waals surface area contributed by atoms with E-state index in [1.165, 1.54) is 40.9 Å². The van der Waals surface area contributed by atoms with Gasteiger partial charge in [0.1, 0.15) is 5.82 Å². The molecule has 0 saturated carbocycles. The molecule has 132 valence electrons. The monoisotopic (exact) mass is 371 g/mol. The third-order valence-electron chi connectivity index (χ3n) is 4.49. The van der Waals surface area contributed by atoms with Gasteiger partial charge in [0.05, 0.1) is 5.69 Å². The zero-order valence-electron chi connectivity index (χ0n) is 13.6. The minimum Gasteiger partial charge on any atom is -0.455 e. The molecule has 0 bridgehead atoms. The number of fused-ring (bicyclic) bond motifs is 3. The summed E-state index contributed by atoms with van der Waals surface area (Å²) in [5.74, 6) is -1.62. The molecule has 0 N–H and O–H groups in total. The maximum absolute atomic E-state index is 12.9. The van der Waals surface area contributed by atoms with Crippen LogP contribution in [0, 0.1) is 5.82 Å². The minimum atomic E-state index is -1.15. The van der Waals surface area contributed by atoms with Gasteiger partial charge in [0.15, 0.2) is 17.3 Å². The number of carbonyl (C=O) groups excluding carboxylic acids is 3. The predicted molar refractivity (Wildman–Crippen MR) is 93.4 cm³/mol. The summed E-state index contributed by atoms with van der Waals surface area (Å²) in [6, 6.07) is 12.3.